The number of hydrogen-bond acceptors (Lipinski definition) is 4. The van der Waals surface area contributed by atoms with Gasteiger partial charge in [-0.3, -0.25) is 4.79 Å². The number of carbonyl (C=O) groups is 2. The summed E-state index contributed by atoms with van der Waals surface area (Å²) in [5, 5.41) is 2.63. The second kappa shape index (κ2) is 6.88. The van der Waals surface area contributed by atoms with Crippen molar-refractivity contribution in [1.29, 1.82) is 0 Å². The molecule has 0 radical (unpaired) electrons. The summed E-state index contributed by atoms with van der Waals surface area (Å²) in [4.78, 5) is 23.9. The van der Waals surface area contributed by atoms with Crippen LogP contribution in [0.2, 0.25) is 0 Å². The average Bonchev–Trinajstić information content (AvgIpc) is 2.77. The number of Topliss-reactive ketones (excluding diaryl/α,β-unsaturated/α-hetero) is 1. The number of nitrogens with one attached hydrogen (secondary N) is 1. The molecule has 0 aromatic carbocycles. The van der Waals surface area contributed by atoms with Gasteiger partial charge >= 0.3 is 6.09 Å². The Kier molecular flexibility index (Phi) is 5.74. The minimum Gasteiger partial charge on any atom is -0.444 e. The van der Waals surface area contributed by atoms with Crippen LogP contribution in [0.5, 0.6) is 0 Å². The Labute approximate surface area is 120 Å². The van der Waals surface area contributed by atoms with Crippen LogP contribution in [0, 0.1) is 0 Å². The smallest absolute Gasteiger partial charge is 0.408 e. The fraction of sp³-hybridized carbons (Fsp3) is 0.733. The Bertz CT molecular complexity index is 378. The highest BCUT2D eigenvalue weighted by Gasteiger charge is 2.29. The van der Waals surface area contributed by atoms with Crippen molar-refractivity contribution in [3.63, 3.8) is 0 Å². The van der Waals surface area contributed by atoms with Gasteiger partial charge < -0.3 is 14.8 Å². The van der Waals surface area contributed by atoms with Gasteiger partial charge in [-0.15, -0.1) is 0 Å². The molecule has 1 N–H and O–H groups in total. The average molecular weight is 283 g/mol. The molecule has 20 heavy (non-hydrogen) atoms. The van der Waals surface area contributed by atoms with Crippen molar-refractivity contribution in [3.8, 4) is 0 Å². The van der Waals surface area contributed by atoms with Gasteiger partial charge in [0.05, 0.1) is 12.1 Å². The van der Waals surface area contributed by atoms with Crippen LogP contribution in [0.1, 0.15) is 47.0 Å². The van der Waals surface area contributed by atoms with E-state index in [4.69, 9.17) is 9.47 Å². The summed E-state index contributed by atoms with van der Waals surface area (Å²) in [5.41, 5.74) is -0.172. The van der Waals surface area contributed by atoms with Gasteiger partial charge in [0.15, 0.2) is 5.78 Å². The number of ketones is 1. The third kappa shape index (κ3) is 5.74. The molecule has 0 saturated carbocycles. The largest absolute Gasteiger partial charge is 0.444 e. The first-order valence-corrected chi connectivity index (χ1v) is 7.00. The normalized spacial score (nSPS) is 20.3. The van der Waals surface area contributed by atoms with Gasteiger partial charge in [-0.2, -0.15) is 0 Å². The van der Waals surface area contributed by atoms with Crippen LogP contribution in [-0.4, -0.2) is 36.2 Å². The van der Waals surface area contributed by atoms with Crippen molar-refractivity contribution in [2.45, 2.75) is 64.7 Å². The monoisotopic (exact) mass is 283 g/mol. The molecule has 0 aromatic rings. The van der Waals surface area contributed by atoms with Gasteiger partial charge in [-0.1, -0.05) is 6.58 Å². The molecule has 0 aliphatic carbocycles. The Hall–Kier alpha value is -1.36. The molecule has 1 heterocycles. The van der Waals surface area contributed by atoms with Crippen molar-refractivity contribution in [2.24, 2.45) is 0 Å². The zero-order chi connectivity index (χ0) is 15.3. The summed E-state index contributed by atoms with van der Waals surface area (Å²) in [6, 6.07) is -0.634. The number of amides is 1. The standard InChI is InChI=1S/C15H25NO4/c1-10(2)13(17)12(9-11-7-6-8-19-11)16-14(18)20-15(3,4)5/h11-12H,1,6-9H2,2-5H3,(H,16,18)/t11-,12-/m0/s1. The first kappa shape index (κ1) is 16.7. The summed E-state index contributed by atoms with van der Waals surface area (Å²) in [6.07, 6.45) is 1.79. The van der Waals surface area contributed by atoms with Gasteiger partial charge in [0.2, 0.25) is 0 Å². The quantitative estimate of drug-likeness (QED) is 0.788. The van der Waals surface area contributed by atoms with E-state index in [1.54, 1.807) is 27.7 Å². The molecule has 1 aliphatic heterocycles. The lowest BCUT2D eigenvalue weighted by atomic mass is 9.99. The summed E-state index contributed by atoms with van der Waals surface area (Å²) in [6.45, 7) is 11.3. The number of carbonyl (C=O) groups excluding carboxylic acids is 2. The Balaban J connectivity index is 2.64. The van der Waals surface area contributed by atoms with E-state index in [9.17, 15) is 9.59 Å². The van der Waals surface area contributed by atoms with Crippen molar-refractivity contribution in [3.05, 3.63) is 12.2 Å². The zero-order valence-electron chi connectivity index (χ0n) is 12.8. The van der Waals surface area contributed by atoms with E-state index in [0.717, 1.165) is 12.8 Å². The predicted octanol–water partition coefficient (Wildman–Crippen LogP) is 2.59. The van der Waals surface area contributed by atoms with Crippen LogP contribution < -0.4 is 5.32 Å². The Morgan fingerprint density at radius 1 is 1.45 bits per heavy atom. The minimum absolute atomic E-state index is 0.0123. The van der Waals surface area contributed by atoms with Gasteiger partial charge in [0, 0.05) is 13.0 Å². The molecular formula is C15H25NO4. The number of hydrogen-bond donors (Lipinski definition) is 1. The third-order valence-corrected chi connectivity index (χ3v) is 2.95. The SMILES string of the molecule is C=C(C)C(=O)[C@H](C[C@@H]1CCCO1)NC(=O)OC(C)(C)C. The van der Waals surface area contributed by atoms with Crippen molar-refractivity contribution in [2.75, 3.05) is 6.61 Å². The van der Waals surface area contributed by atoms with E-state index in [-0.39, 0.29) is 11.9 Å². The van der Waals surface area contributed by atoms with E-state index in [1.165, 1.54) is 0 Å². The topological polar surface area (TPSA) is 64.6 Å². The molecule has 5 heteroatoms. The third-order valence-electron chi connectivity index (χ3n) is 2.95. The lowest BCUT2D eigenvalue weighted by Gasteiger charge is -2.24. The predicted molar refractivity (Wildman–Crippen MR) is 76.6 cm³/mol. The maximum absolute atomic E-state index is 12.1. The lowest BCUT2D eigenvalue weighted by molar-refractivity contribution is -0.118. The lowest BCUT2D eigenvalue weighted by Crippen LogP contribution is -2.45. The molecule has 114 valence electrons. The van der Waals surface area contributed by atoms with E-state index in [1.807, 2.05) is 0 Å². The molecular weight excluding hydrogens is 258 g/mol. The molecule has 1 saturated heterocycles. The fourth-order valence-corrected chi connectivity index (χ4v) is 2.07. The minimum atomic E-state index is -0.634. The van der Waals surface area contributed by atoms with Crippen molar-refractivity contribution >= 4 is 11.9 Å². The highest BCUT2D eigenvalue weighted by molar-refractivity contribution is 5.99. The van der Waals surface area contributed by atoms with Crippen LogP contribution in [0.15, 0.2) is 12.2 Å². The number of rotatable bonds is 5. The van der Waals surface area contributed by atoms with Crippen molar-refractivity contribution in [1.82, 2.24) is 5.32 Å². The molecule has 1 fully saturated rings. The second-order valence-electron chi connectivity index (χ2n) is 6.21. The maximum atomic E-state index is 12.1. The van der Waals surface area contributed by atoms with Crippen LogP contribution in [0.25, 0.3) is 0 Å². The van der Waals surface area contributed by atoms with Gasteiger partial charge in [-0.25, -0.2) is 4.79 Å². The van der Waals surface area contributed by atoms with E-state index in [0.29, 0.717) is 18.6 Å². The summed E-state index contributed by atoms with van der Waals surface area (Å²) < 4.78 is 10.7. The van der Waals surface area contributed by atoms with Crippen LogP contribution in [0.3, 0.4) is 0 Å². The first-order chi connectivity index (χ1) is 9.19. The first-order valence-electron chi connectivity index (χ1n) is 7.00. The zero-order valence-corrected chi connectivity index (χ0v) is 12.8. The van der Waals surface area contributed by atoms with E-state index < -0.39 is 17.7 Å². The molecule has 0 aromatic heterocycles. The van der Waals surface area contributed by atoms with Crippen LogP contribution in [0.4, 0.5) is 4.79 Å². The molecule has 2 atom stereocenters. The van der Waals surface area contributed by atoms with Crippen molar-refractivity contribution < 1.29 is 19.1 Å². The molecule has 0 spiro atoms. The molecule has 1 rings (SSSR count). The van der Waals surface area contributed by atoms with Gasteiger partial charge in [0.25, 0.3) is 0 Å². The fourth-order valence-electron chi connectivity index (χ4n) is 2.07. The summed E-state index contributed by atoms with van der Waals surface area (Å²) >= 11 is 0. The summed E-state index contributed by atoms with van der Waals surface area (Å²) in [5.74, 6) is -0.175. The van der Waals surface area contributed by atoms with Gasteiger partial charge in [-0.05, 0) is 46.1 Å². The van der Waals surface area contributed by atoms with E-state index in [2.05, 4.69) is 11.9 Å². The number of ether oxygens (including phenoxy) is 2. The second-order valence-corrected chi connectivity index (χ2v) is 6.21. The van der Waals surface area contributed by atoms with Crippen LogP contribution in [-0.2, 0) is 14.3 Å². The molecule has 5 nitrogen and oxygen atoms in total. The Morgan fingerprint density at radius 3 is 2.55 bits per heavy atom. The van der Waals surface area contributed by atoms with Crippen LogP contribution >= 0.6 is 0 Å². The highest BCUT2D eigenvalue weighted by atomic mass is 16.6. The highest BCUT2D eigenvalue weighted by Crippen LogP contribution is 2.19. The molecule has 0 unspecified atom stereocenters. The molecule has 1 amide bonds. The molecule has 1 aliphatic rings. The van der Waals surface area contributed by atoms with E-state index >= 15 is 0 Å². The summed E-state index contributed by atoms with van der Waals surface area (Å²) in [7, 11) is 0. The molecule has 0 bridgehead atoms. The number of alkyl carbamates (subject to hydrolysis) is 1. The van der Waals surface area contributed by atoms with Gasteiger partial charge in [0.1, 0.15) is 5.60 Å². The Morgan fingerprint density at radius 2 is 2.10 bits per heavy atom. The maximum Gasteiger partial charge on any atom is 0.408 e.